The molecular weight excluding hydrogens is 350 g/mol. The Labute approximate surface area is 156 Å². The number of ether oxygens (including phenoxy) is 1. The van der Waals surface area contributed by atoms with Crippen molar-refractivity contribution in [1.82, 2.24) is 4.90 Å². The minimum Gasteiger partial charge on any atom is -0.496 e. The van der Waals surface area contributed by atoms with Gasteiger partial charge in [-0.3, -0.25) is 19.7 Å². The number of hydrogen-bond acceptors (Lipinski definition) is 5. The average molecular weight is 371 g/mol. The first-order valence-electron chi connectivity index (χ1n) is 8.33. The van der Waals surface area contributed by atoms with Crippen LogP contribution in [0.2, 0.25) is 0 Å². The minimum absolute atomic E-state index is 0.0240. The number of non-ortho nitro benzene ring substituents is 1. The predicted octanol–water partition coefficient (Wildman–Crippen LogP) is 2.88. The van der Waals surface area contributed by atoms with Crippen LogP contribution < -0.4 is 10.1 Å². The van der Waals surface area contributed by atoms with Crippen LogP contribution >= 0.6 is 0 Å². The van der Waals surface area contributed by atoms with Gasteiger partial charge in [-0.15, -0.1) is 0 Å². The molecule has 0 fully saturated rings. The van der Waals surface area contributed by atoms with Crippen LogP contribution in [0, 0.1) is 10.1 Å². The molecule has 0 aliphatic heterocycles. The molecule has 0 heterocycles. The van der Waals surface area contributed by atoms with Crippen molar-refractivity contribution in [2.75, 3.05) is 26.0 Å². The molecule has 0 atom stereocenters. The van der Waals surface area contributed by atoms with Crippen LogP contribution in [0.25, 0.3) is 0 Å². The van der Waals surface area contributed by atoms with Crippen molar-refractivity contribution in [2.45, 2.75) is 13.3 Å². The molecule has 0 aliphatic carbocycles. The smallest absolute Gasteiger partial charge is 0.270 e. The topological polar surface area (TPSA) is 102 Å². The fraction of sp³-hybridized carbons (Fsp3) is 0.263. The van der Waals surface area contributed by atoms with E-state index in [0.29, 0.717) is 5.69 Å². The number of nitro groups is 1. The van der Waals surface area contributed by atoms with E-state index in [1.165, 1.54) is 31.2 Å². The summed E-state index contributed by atoms with van der Waals surface area (Å²) in [6.07, 6.45) is 0.760. The second-order valence-corrected chi connectivity index (χ2v) is 5.86. The summed E-state index contributed by atoms with van der Waals surface area (Å²) in [5.41, 5.74) is 1.48. The van der Waals surface area contributed by atoms with Crippen LogP contribution in [0.4, 0.5) is 11.4 Å². The van der Waals surface area contributed by atoms with Crippen LogP contribution in [0.5, 0.6) is 5.75 Å². The molecule has 0 saturated carbocycles. The molecule has 8 heteroatoms. The number of benzene rings is 2. The number of likely N-dealkylation sites (N-methyl/N-ethyl adjacent to an activating group) is 1. The fourth-order valence-electron chi connectivity index (χ4n) is 2.61. The Morgan fingerprint density at radius 1 is 1.22 bits per heavy atom. The van der Waals surface area contributed by atoms with Gasteiger partial charge >= 0.3 is 0 Å². The summed E-state index contributed by atoms with van der Waals surface area (Å²) in [6.45, 7) is 1.78. The van der Waals surface area contributed by atoms with Crippen molar-refractivity contribution in [1.29, 1.82) is 0 Å². The maximum absolute atomic E-state index is 12.7. The largest absolute Gasteiger partial charge is 0.496 e. The first-order valence-corrected chi connectivity index (χ1v) is 8.33. The second-order valence-electron chi connectivity index (χ2n) is 5.86. The molecule has 2 rings (SSSR count). The van der Waals surface area contributed by atoms with Crippen LogP contribution in [0.3, 0.4) is 0 Å². The Kier molecular flexibility index (Phi) is 6.48. The van der Waals surface area contributed by atoms with Gasteiger partial charge in [-0.2, -0.15) is 0 Å². The van der Waals surface area contributed by atoms with Gasteiger partial charge < -0.3 is 15.0 Å². The standard InChI is InChI=1S/C19H21N3O5/c1-4-13-7-5-6-8-16(13)20-18(23)12-21(2)19(24)15-11-14(22(25)26)9-10-17(15)27-3/h5-11H,4,12H2,1-3H3,(H,20,23). The molecule has 0 saturated heterocycles. The number of aryl methyl sites for hydroxylation is 1. The second kappa shape index (κ2) is 8.79. The Morgan fingerprint density at radius 2 is 1.93 bits per heavy atom. The van der Waals surface area contributed by atoms with E-state index in [1.807, 2.05) is 25.1 Å². The molecule has 0 spiro atoms. The van der Waals surface area contributed by atoms with Crippen LogP contribution in [0.1, 0.15) is 22.8 Å². The van der Waals surface area contributed by atoms with Gasteiger partial charge in [-0.25, -0.2) is 0 Å². The number of methoxy groups -OCH3 is 1. The van der Waals surface area contributed by atoms with E-state index >= 15 is 0 Å². The molecule has 27 heavy (non-hydrogen) atoms. The summed E-state index contributed by atoms with van der Waals surface area (Å²) >= 11 is 0. The monoisotopic (exact) mass is 371 g/mol. The SMILES string of the molecule is CCc1ccccc1NC(=O)CN(C)C(=O)c1cc([N+](=O)[O-])ccc1OC. The third-order valence-corrected chi connectivity index (χ3v) is 4.02. The lowest BCUT2D eigenvalue weighted by Gasteiger charge is -2.19. The van der Waals surface area contributed by atoms with Crippen LogP contribution in [0.15, 0.2) is 42.5 Å². The van der Waals surface area contributed by atoms with E-state index in [2.05, 4.69) is 5.32 Å². The third-order valence-electron chi connectivity index (χ3n) is 4.02. The zero-order valence-corrected chi connectivity index (χ0v) is 15.4. The molecule has 0 bridgehead atoms. The highest BCUT2D eigenvalue weighted by atomic mass is 16.6. The van der Waals surface area contributed by atoms with Gasteiger partial charge in [0.25, 0.3) is 11.6 Å². The van der Waals surface area contributed by atoms with E-state index in [4.69, 9.17) is 4.74 Å². The van der Waals surface area contributed by atoms with Crippen molar-refractivity contribution in [3.8, 4) is 5.75 Å². The minimum atomic E-state index is -0.593. The van der Waals surface area contributed by atoms with Gasteiger partial charge in [-0.05, 0) is 24.1 Å². The summed E-state index contributed by atoms with van der Waals surface area (Å²) in [4.78, 5) is 36.5. The predicted molar refractivity (Wildman–Crippen MR) is 101 cm³/mol. The maximum Gasteiger partial charge on any atom is 0.270 e. The fourth-order valence-corrected chi connectivity index (χ4v) is 2.61. The highest BCUT2D eigenvalue weighted by Gasteiger charge is 2.22. The van der Waals surface area contributed by atoms with Crippen LogP contribution in [-0.4, -0.2) is 42.3 Å². The maximum atomic E-state index is 12.7. The number of carbonyl (C=O) groups is 2. The zero-order chi connectivity index (χ0) is 20.0. The lowest BCUT2D eigenvalue weighted by Crippen LogP contribution is -2.35. The third kappa shape index (κ3) is 4.81. The van der Waals surface area contributed by atoms with Gasteiger partial charge in [0.15, 0.2) is 0 Å². The van der Waals surface area contributed by atoms with Crippen molar-refractivity contribution >= 4 is 23.2 Å². The highest BCUT2D eigenvalue weighted by molar-refractivity contribution is 6.01. The number of amides is 2. The molecule has 142 valence electrons. The molecule has 0 aliphatic rings. The summed E-state index contributed by atoms with van der Waals surface area (Å²) < 4.78 is 5.11. The average Bonchev–Trinajstić information content (AvgIpc) is 2.67. The molecule has 0 aromatic heterocycles. The van der Waals surface area contributed by atoms with Crippen molar-refractivity contribution in [3.05, 3.63) is 63.7 Å². The van der Waals surface area contributed by atoms with Gasteiger partial charge in [0.05, 0.1) is 24.1 Å². The van der Waals surface area contributed by atoms with Crippen molar-refractivity contribution in [3.63, 3.8) is 0 Å². The van der Waals surface area contributed by atoms with E-state index in [9.17, 15) is 19.7 Å². The highest BCUT2D eigenvalue weighted by Crippen LogP contribution is 2.25. The molecule has 8 nitrogen and oxygen atoms in total. The number of nitrogens with one attached hydrogen (secondary N) is 1. The summed E-state index contributed by atoms with van der Waals surface area (Å²) in [6, 6.07) is 11.2. The first-order chi connectivity index (χ1) is 12.9. The molecule has 2 amide bonds. The molecule has 2 aromatic rings. The van der Waals surface area contributed by atoms with E-state index in [-0.39, 0.29) is 29.5 Å². The number of nitro benzene ring substituents is 1. The Balaban J connectivity index is 2.14. The van der Waals surface area contributed by atoms with E-state index < -0.39 is 10.8 Å². The van der Waals surface area contributed by atoms with Gasteiger partial charge in [0.1, 0.15) is 5.75 Å². The summed E-state index contributed by atoms with van der Waals surface area (Å²) in [7, 11) is 2.82. The quantitative estimate of drug-likeness (QED) is 0.596. The normalized spacial score (nSPS) is 10.2. The number of carbonyl (C=O) groups excluding carboxylic acids is 2. The molecule has 1 N–H and O–H groups in total. The summed E-state index contributed by atoms with van der Waals surface area (Å²) in [5.74, 6) is -0.709. The van der Waals surface area contributed by atoms with Gasteiger partial charge in [-0.1, -0.05) is 25.1 Å². The molecular formula is C19H21N3O5. The number of hydrogen-bond donors (Lipinski definition) is 1. The Bertz CT molecular complexity index is 866. The number of anilines is 1. The Morgan fingerprint density at radius 3 is 2.56 bits per heavy atom. The number of nitrogens with zero attached hydrogens (tertiary/aromatic N) is 2. The Hall–Kier alpha value is -3.42. The molecule has 0 radical (unpaired) electrons. The summed E-state index contributed by atoms with van der Waals surface area (Å²) in [5, 5.41) is 13.7. The number of para-hydroxylation sites is 1. The van der Waals surface area contributed by atoms with E-state index in [1.54, 1.807) is 6.07 Å². The van der Waals surface area contributed by atoms with Crippen molar-refractivity contribution in [2.24, 2.45) is 0 Å². The molecule has 0 unspecified atom stereocenters. The lowest BCUT2D eigenvalue weighted by atomic mass is 10.1. The lowest BCUT2D eigenvalue weighted by molar-refractivity contribution is -0.384. The zero-order valence-electron chi connectivity index (χ0n) is 15.4. The van der Waals surface area contributed by atoms with Gasteiger partial charge in [0, 0.05) is 24.9 Å². The van der Waals surface area contributed by atoms with Crippen molar-refractivity contribution < 1.29 is 19.2 Å². The van der Waals surface area contributed by atoms with Gasteiger partial charge in [0.2, 0.25) is 5.91 Å². The van der Waals surface area contributed by atoms with Crippen LogP contribution in [-0.2, 0) is 11.2 Å². The van der Waals surface area contributed by atoms with E-state index in [0.717, 1.165) is 18.1 Å². The first kappa shape index (κ1) is 19.9. The molecule has 2 aromatic carbocycles. The number of rotatable bonds is 7.